The van der Waals surface area contributed by atoms with Crippen molar-refractivity contribution in [2.24, 2.45) is 0 Å². The molecule has 0 radical (unpaired) electrons. The molecule has 1 aliphatic rings. The molecule has 8 nitrogen and oxygen atoms in total. The lowest BCUT2D eigenvalue weighted by Gasteiger charge is -2.32. The van der Waals surface area contributed by atoms with Gasteiger partial charge in [0.05, 0.1) is 42.2 Å². The molecule has 5 rings (SSSR count). The number of anilines is 1. The summed E-state index contributed by atoms with van der Waals surface area (Å²) in [5, 5.41) is 2.93. The van der Waals surface area contributed by atoms with E-state index in [1.54, 1.807) is 12.1 Å². The van der Waals surface area contributed by atoms with Gasteiger partial charge in [0, 0.05) is 6.42 Å². The fraction of sp³-hybridized carbons (Fsp3) is 0.413. The van der Waals surface area contributed by atoms with Crippen LogP contribution in [0.5, 0.6) is 0 Å². The number of benzene rings is 4. The van der Waals surface area contributed by atoms with E-state index in [0.29, 0.717) is 17.7 Å². The molecule has 0 aliphatic carbocycles. The van der Waals surface area contributed by atoms with E-state index in [9.17, 15) is 14.4 Å². The zero-order chi connectivity index (χ0) is 39.6. The lowest BCUT2D eigenvalue weighted by atomic mass is 9.78. The van der Waals surface area contributed by atoms with Gasteiger partial charge in [0.1, 0.15) is 0 Å². The van der Waals surface area contributed by atoms with Gasteiger partial charge in [-0.3, -0.25) is 4.79 Å². The van der Waals surface area contributed by atoms with Crippen LogP contribution in [-0.4, -0.2) is 50.4 Å². The van der Waals surface area contributed by atoms with E-state index in [-0.39, 0.29) is 11.5 Å². The van der Waals surface area contributed by atoms with Gasteiger partial charge in [0.15, 0.2) is 0 Å². The third-order valence-electron chi connectivity index (χ3n) is 10.9. The topological polar surface area (TPSA) is 100 Å². The van der Waals surface area contributed by atoms with Crippen LogP contribution in [0.4, 0.5) is 5.69 Å². The number of rotatable bonds is 17. The average Bonchev–Trinajstić information content (AvgIpc) is 3.42. The maximum Gasteiger partial charge on any atom is 0.494 e. The number of esters is 2. The number of hydrogen-bond donors (Lipinski definition) is 1. The van der Waals surface area contributed by atoms with Gasteiger partial charge in [-0.15, -0.1) is 0 Å². The molecule has 1 N–H and O–H groups in total. The summed E-state index contributed by atoms with van der Waals surface area (Å²) in [4.78, 5) is 38.7. The maximum absolute atomic E-state index is 13.1. The largest absolute Gasteiger partial charge is 0.494 e. The Hall–Kier alpha value is -4.73. The van der Waals surface area contributed by atoms with Crippen LogP contribution >= 0.6 is 0 Å². The van der Waals surface area contributed by atoms with E-state index < -0.39 is 30.3 Å². The molecule has 1 amide bonds. The predicted octanol–water partition coefficient (Wildman–Crippen LogP) is 10.4. The van der Waals surface area contributed by atoms with Gasteiger partial charge in [-0.1, -0.05) is 125 Å². The third kappa shape index (κ3) is 10.3. The van der Waals surface area contributed by atoms with Crippen molar-refractivity contribution in [3.05, 3.63) is 96.1 Å². The van der Waals surface area contributed by atoms with Crippen molar-refractivity contribution in [1.29, 1.82) is 0 Å². The Labute approximate surface area is 327 Å². The number of nitrogens with one attached hydrogen (secondary N) is 1. The number of amides is 1. The summed E-state index contributed by atoms with van der Waals surface area (Å²) >= 11 is 0. The van der Waals surface area contributed by atoms with Gasteiger partial charge < -0.3 is 24.1 Å². The van der Waals surface area contributed by atoms with Crippen molar-refractivity contribution in [3.63, 3.8) is 0 Å². The Balaban J connectivity index is 1.27. The fourth-order valence-corrected chi connectivity index (χ4v) is 6.83. The van der Waals surface area contributed by atoms with Crippen LogP contribution in [0.25, 0.3) is 33.4 Å². The van der Waals surface area contributed by atoms with Crippen LogP contribution in [-0.2, 0) is 23.6 Å². The molecule has 1 aliphatic heterocycles. The van der Waals surface area contributed by atoms with E-state index >= 15 is 0 Å². The molecule has 1 fully saturated rings. The Morgan fingerprint density at radius 1 is 0.582 bits per heavy atom. The summed E-state index contributed by atoms with van der Waals surface area (Å²) < 4.78 is 22.7. The Morgan fingerprint density at radius 2 is 1.04 bits per heavy atom. The highest BCUT2D eigenvalue weighted by atomic mass is 16.7. The second-order valence-corrected chi connectivity index (χ2v) is 15.4. The minimum atomic E-state index is -0.526. The molecule has 290 valence electrons. The second kappa shape index (κ2) is 18.7. The molecule has 0 aromatic heterocycles. The molecule has 0 unspecified atom stereocenters. The van der Waals surface area contributed by atoms with Crippen LogP contribution in [0.2, 0.25) is 0 Å². The quantitative estimate of drug-likeness (QED) is 0.0652. The summed E-state index contributed by atoms with van der Waals surface area (Å²) in [6.45, 7) is 10.4. The predicted molar refractivity (Wildman–Crippen MR) is 222 cm³/mol. The Bertz CT molecular complexity index is 1920. The van der Waals surface area contributed by atoms with Crippen molar-refractivity contribution < 1.29 is 33.2 Å². The van der Waals surface area contributed by atoms with E-state index in [1.165, 1.54) is 52.7 Å². The molecule has 9 heteroatoms. The summed E-state index contributed by atoms with van der Waals surface area (Å²) in [6.07, 6.45) is 11.0. The van der Waals surface area contributed by atoms with Gasteiger partial charge >= 0.3 is 19.1 Å². The molecule has 0 atom stereocenters. The number of ether oxygens (including phenoxy) is 2. The molecule has 1 heterocycles. The van der Waals surface area contributed by atoms with E-state index in [0.717, 1.165) is 58.1 Å². The fourth-order valence-electron chi connectivity index (χ4n) is 6.83. The standard InChI is InChI=1S/C46H56BNO7/c1-8-9-10-11-12-13-14-15-16-17-42(49)48-41-29-25-36(31-40(41)44(51)53-7)32-18-20-34(21-19-32)38-28-24-35(30-39(38)43(50)52-6)33-22-26-37(27-23-33)47-54-45(2,3)46(4,5)55-47/h18-31H,8-17H2,1-7H3,(H,48,49). The minimum Gasteiger partial charge on any atom is -0.465 e. The number of carbonyl (C=O) groups is 3. The molecular weight excluding hydrogens is 689 g/mol. The van der Waals surface area contributed by atoms with Crippen molar-refractivity contribution in [1.82, 2.24) is 0 Å². The van der Waals surface area contributed by atoms with Gasteiger partial charge in [-0.25, -0.2) is 9.59 Å². The molecule has 55 heavy (non-hydrogen) atoms. The number of methoxy groups -OCH3 is 2. The van der Waals surface area contributed by atoms with Gasteiger partial charge in [-0.05, 0) is 91.2 Å². The van der Waals surface area contributed by atoms with Crippen LogP contribution < -0.4 is 10.8 Å². The van der Waals surface area contributed by atoms with E-state index in [2.05, 4.69) is 12.2 Å². The summed E-state index contributed by atoms with van der Waals surface area (Å²) in [5.74, 6) is -1.08. The van der Waals surface area contributed by atoms with E-state index in [1.807, 2.05) is 100 Å². The minimum absolute atomic E-state index is 0.115. The van der Waals surface area contributed by atoms with Crippen molar-refractivity contribution in [3.8, 4) is 33.4 Å². The molecular formula is C46H56BNO7. The maximum atomic E-state index is 13.1. The SMILES string of the molecule is CCCCCCCCCCCC(=O)Nc1ccc(-c2ccc(-c3ccc(-c4ccc(B5OC(C)(C)C(C)(C)O5)cc4)cc3C(=O)OC)cc2)cc1C(=O)OC. The molecule has 4 aromatic carbocycles. The van der Waals surface area contributed by atoms with Crippen LogP contribution in [0.15, 0.2) is 84.9 Å². The van der Waals surface area contributed by atoms with Crippen LogP contribution in [0.1, 0.15) is 120 Å². The lowest BCUT2D eigenvalue weighted by Crippen LogP contribution is -2.41. The number of hydrogen-bond acceptors (Lipinski definition) is 7. The first kappa shape index (κ1) is 41.4. The first-order valence-electron chi connectivity index (χ1n) is 19.7. The van der Waals surface area contributed by atoms with Gasteiger partial charge in [0.2, 0.25) is 5.91 Å². The highest BCUT2D eigenvalue weighted by Gasteiger charge is 2.51. The summed E-state index contributed by atoms with van der Waals surface area (Å²) in [7, 11) is 2.25. The Morgan fingerprint density at radius 3 is 1.60 bits per heavy atom. The average molecular weight is 746 g/mol. The highest BCUT2D eigenvalue weighted by molar-refractivity contribution is 6.62. The van der Waals surface area contributed by atoms with Crippen molar-refractivity contribution in [2.45, 2.75) is 110 Å². The first-order valence-corrected chi connectivity index (χ1v) is 19.7. The third-order valence-corrected chi connectivity index (χ3v) is 10.9. The molecule has 0 spiro atoms. The first-order chi connectivity index (χ1) is 26.4. The van der Waals surface area contributed by atoms with Crippen molar-refractivity contribution in [2.75, 3.05) is 19.5 Å². The summed E-state index contributed by atoms with van der Waals surface area (Å²) in [5.41, 5.74) is 6.26. The molecule has 0 saturated carbocycles. The van der Waals surface area contributed by atoms with Crippen molar-refractivity contribution >= 4 is 36.1 Å². The van der Waals surface area contributed by atoms with E-state index in [4.69, 9.17) is 18.8 Å². The summed E-state index contributed by atoms with van der Waals surface area (Å²) in [6, 6.07) is 26.9. The zero-order valence-corrected chi connectivity index (χ0v) is 33.6. The molecule has 1 saturated heterocycles. The number of carbonyl (C=O) groups excluding carboxylic acids is 3. The van der Waals surface area contributed by atoms with Gasteiger partial charge in [0.25, 0.3) is 0 Å². The zero-order valence-electron chi connectivity index (χ0n) is 33.6. The Kier molecular flexibility index (Phi) is 14.1. The normalized spacial score (nSPS) is 14.4. The second-order valence-electron chi connectivity index (χ2n) is 15.4. The van der Waals surface area contributed by atoms with Crippen LogP contribution in [0.3, 0.4) is 0 Å². The molecule has 0 bridgehead atoms. The van der Waals surface area contributed by atoms with Crippen LogP contribution in [0, 0.1) is 0 Å². The molecule has 4 aromatic rings. The lowest BCUT2D eigenvalue weighted by molar-refractivity contribution is -0.116. The number of unbranched alkanes of at least 4 members (excludes halogenated alkanes) is 8. The van der Waals surface area contributed by atoms with Gasteiger partial charge in [-0.2, -0.15) is 0 Å². The monoisotopic (exact) mass is 745 g/mol. The highest BCUT2D eigenvalue weighted by Crippen LogP contribution is 2.37. The smallest absolute Gasteiger partial charge is 0.465 e.